The van der Waals surface area contributed by atoms with Gasteiger partial charge in [0.15, 0.2) is 11.5 Å². The summed E-state index contributed by atoms with van der Waals surface area (Å²) in [6, 6.07) is 15.2. The molecule has 0 aliphatic rings. The Labute approximate surface area is 155 Å². The summed E-state index contributed by atoms with van der Waals surface area (Å²) in [4.78, 5) is 14.0. The Kier molecular flexibility index (Phi) is 7.48. The van der Waals surface area contributed by atoms with E-state index in [0.717, 1.165) is 11.1 Å². The third-order valence-electron chi connectivity index (χ3n) is 4.36. The van der Waals surface area contributed by atoms with Crippen LogP contribution in [0, 0.1) is 0 Å². The molecular formula is C21H28N2O3. The Bertz CT molecular complexity index is 700. The van der Waals surface area contributed by atoms with Gasteiger partial charge in [-0.15, -0.1) is 0 Å². The molecule has 1 amide bonds. The number of nitrogens with two attached hydrogens (primary N) is 1. The molecule has 2 rings (SSSR count). The predicted octanol–water partition coefficient (Wildman–Crippen LogP) is 3.53. The van der Waals surface area contributed by atoms with E-state index in [1.54, 1.807) is 12.0 Å². The van der Waals surface area contributed by atoms with Gasteiger partial charge in [-0.1, -0.05) is 36.4 Å². The van der Waals surface area contributed by atoms with E-state index in [4.69, 9.17) is 15.2 Å². The van der Waals surface area contributed by atoms with Gasteiger partial charge in [0.05, 0.1) is 7.11 Å². The summed E-state index contributed by atoms with van der Waals surface area (Å²) in [6.45, 7) is 5.78. The molecule has 0 aliphatic carbocycles. The van der Waals surface area contributed by atoms with Crippen LogP contribution in [0.5, 0.6) is 11.5 Å². The number of methoxy groups -OCH3 is 1. The lowest BCUT2D eigenvalue weighted by atomic mass is 10.0. The van der Waals surface area contributed by atoms with Crippen molar-refractivity contribution >= 4 is 5.91 Å². The van der Waals surface area contributed by atoms with Gasteiger partial charge >= 0.3 is 0 Å². The Morgan fingerprint density at radius 1 is 1.08 bits per heavy atom. The molecular weight excluding hydrogens is 328 g/mol. The minimum absolute atomic E-state index is 0.0610. The van der Waals surface area contributed by atoms with Gasteiger partial charge < -0.3 is 20.1 Å². The van der Waals surface area contributed by atoms with Gasteiger partial charge in [0.2, 0.25) is 5.91 Å². The van der Waals surface area contributed by atoms with Gasteiger partial charge in [0.1, 0.15) is 6.61 Å². The first-order valence-electron chi connectivity index (χ1n) is 8.97. The molecule has 1 atom stereocenters. The SMILES string of the molecule is CCN(CC)C(=O)CC(N)c1ccc(OCc2ccccc2)c(OC)c1. The highest BCUT2D eigenvalue weighted by atomic mass is 16.5. The molecule has 0 bridgehead atoms. The average molecular weight is 356 g/mol. The quantitative estimate of drug-likeness (QED) is 0.746. The number of rotatable bonds is 9. The maximum atomic E-state index is 12.3. The second-order valence-corrected chi connectivity index (χ2v) is 6.06. The highest BCUT2D eigenvalue weighted by Gasteiger charge is 2.17. The van der Waals surface area contributed by atoms with Crippen molar-refractivity contribution in [3.05, 3.63) is 59.7 Å². The van der Waals surface area contributed by atoms with E-state index >= 15 is 0 Å². The van der Waals surface area contributed by atoms with Crippen LogP contribution >= 0.6 is 0 Å². The molecule has 1 unspecified atom stereocenters. The van der Waals surface area contributed by atoms with Crippen molar-refractivity contribution in [1.29, 1.82) is 0 Å². The average Bonchev–Trinajstić information content (AvgIpc) is 2.67. The first-order chi connectivity index (χ1) is 12.6. The molecule has 2 aromatic rings. The number of ether oxygens (including phenoxy) is 2. The maximum absolute atomic E-state index is 12.3. The first-order valence-corrected chi connectivity index (χ1v) is 8.97. The molecule has 2 aromatic carbocycles. The van der Waals surface area contributed by atoms with Crippen molar-refractivity contribution in [3.63, 3.8) is 0 Å². The van der Waals surface area contributed by atoms with Crippen molar-refractivity contribution in [2.24, 2.45) is 5.73 Å². The van der Waals surface area contributed by atoms with Crippen molar-refractivity contribution < 1.29 is 14.3 Å². The number of carbonyl (C=O) groups is 1. The van der Waals surface area contributed by atoms with Crippen LogP contribution in [-0.4, -0.2) is 31.0 Å². The Morgan fingerprint density at radius 3 is 2.38 bits per heavy atom. The largest absolute Gasteiger partial charge is 0.493 e. The molecule has 140 valence electrons. The van der Waals surface area contributed by atoms with E-state index in [9.17, 15) is 4.79 Å². The molecule has 0 spiro atoms. The minimum Gasteiger partial charge on any atom is -0.493 e. The van der Waals surface area contributed by atoms with Crippen molar-refractivity contribution in [3.8, 4) is 11.5 Å². The number of amides is 1. The molecule has 0 heterocycles. The van der Waals surface area contributed by atoms with Crippen LogP contribution in [0.4, 0.5) is 0 Å². The van der Waals surface area contributed by atoms with E-state index < -0.39 is 0 Å². The summed E-state index contributed by atoms with van der Waals surface area (Å²) in [6.07, 6.45) is 0.273. The molecule has 5 heteroatoms. The normalized spacial score (nSPS) is 11.7. The Balaban J connectivity index is 2.06. The van der Waals surface area contributed by atoms with Gasteiger partial charge in [0, 0.05) is 25.6 Å². The number of benzene rings is 2. The van der Waals surface area contributed by atoms with E-state index in [2.05, 4.69) is 0 Å². The van der Waals surface area contributed by atoms with Gasteiger partial charge in [-0.05, 0) is 37.1 Å². The van der Waals surface area contributed by atoms with E-state index in [-0.39, 0.29) is 18.4 Å². The molecule has 5 nitrogen and oxygen atoms in total. The molecule has 0 aliphatic heterocycles. The van der Waals surface area contributed by atoms with Crippen LogP contribution in [0.2, 0.25) is 0 Å². The maximum Gasteiger partial charge on any atom is 0.224 e. The monoisotopic (exact) mass is 356 g/mol. The van der Waals surface area contributed by atoms with Crippen LogP contribution in [0.25, 0.3) is 0 Å². The predicted molar refractivity (Wildman–Crippen MR) is 103 cm³/mol. The standard InChI is InChI=1S/C21H28N2O3/c1-4-23(5-2)21(24)14-18(22)17-11-12-19(20(13-17)25-3)26-15-16-9-7-6-8-10-16/h6-13,18H,4-5,14-15,22H2,1-3H3. The second kappa shape index (κ2) is 9.82. The second-order valence-electron chi connectivity index (χ2n) is 6.06. The molecule has 0 saturated heterocycles. The van der Waals surface area contributed by atoms with E-state index in [1.165, 1.54) is 0 Å². The van der Waals surface area contributed by atoms with Crippen molar-refractivity contribution in [2.75, 3.05) is 20.2 Å². The minimum atomic E-state index is -0.375. The highest BCUT2D eigenvalue weighted by Crippen LogP contribution is 2.31. The van der Waals surface area contributed by atoms with Gasteiger partial charge in [-0.3, -0.25) is 4.79 Å². The fraction of sp³-hybridized carbons (Fsp3) is 0.381. The number of carbonyl (C=O) groups excluding carboxylic acids is 1. The van der Waals surface area contributed by atoms with Crippen LogP contribution in [0.3, 0.4) is 0 Å². The van der Waals surface area contributed by atoms with Gasteiger partial charge in [-0.2, -0.15) is 0 Å². The summed E-state index contributed by atoms with van der Waals surface area (Å²) < 4.78 is 11.3. The summed E-state index contributed by atoms with van der Waals surface area (Å²) in [5.41, 5.74) is 8.18. The topological polar surface area (TPSA) is 64.8 Å². The fourth-order valence-corrected chi connectivity index (χ4v) is 2.78. The molecule has 0 aromatic heterocycles. The number of nitrogens with zero attached hydrogens (tertiary/aromatic N) is 1. The summed E-state index contributed by atoms with van der Waals surface area (Å²) in [5, 5.41) is 0. The van der Waals surface area contributed by atoms with E-state index in [0.29, 0.717) is 31.2 Å². The lowest BCUT2D eigenvalue weighted by Crippen LogP contribution is -2.32. The molecule has 0 saturated carbocycles. The van der Waals surface area contributed by atoms with Crippen LogP contribution in [0.1, 0.15) is 37.4 Å². The summed E-state index contributed by atoms with van der Waals surface area (Å²) in [5.74, 6) is 1.33. The zero-order valence-electron chi connectivity index (χ0n) is 15.8. The lowest BCUT2D eigenvalue weighted by Gasteiger charge is -2.21. The number of hydrogen-bond donors (Lipinski definition) is 1. The summed E-state index contributed by atoms with van der Waals surface area (Å²) >= 11 is 0. The molecule has 26 heavy (non-hydrogen) atoms. The smallest absolute Gasteiger partial charge is 0.224 e. The van der Waals surface area contributed by atoms with E-state index in [1.807, 2.05) is 62.4 Å². The highest BCUT2D eigenvalue weighted by molar-refractivity contribution is 5.77. The molecule has 0 fully saturated rings. The zero-order chi connectivity index (χ0) is 18.9. The van der Waals surface area contributed by atoms with Crippen LogP contribution in [0.15, 0.2) is 48.5 Å². The van der Waals surface area contributed by atoms with Gasteiger partial charge in [0.25, 0.3) is 0 Å². The van der Waals surface area contributed by atoms with Crippen LogP contribution < -0.4 is 15.2 Å². The summed E-state index contributed by atoms with van der Waals surface area (Å²) in [7, 11) is 1.60. The van der Waals surface area contributed by atoms with Crippen LogP contribution in [-0.2, 0) is 11.4 Å². The third-order valence-corrected chi connectivity index (χ3v) is 4.36. The van der Waals surface area contributed by atoms with Crippen molar-refractivity contribution in [1.82, 2.24) is 4.90 Å². The third kappa shape index (κ3) is 5.23. The Hall–Kier alpha value is -2.53. The Morgan fingerprint density at radius 2 is 1.77 bits per heavy atom. The van der Waals surface area contributed by atoms with Gasteiger partial charge in [-0.25, -0.2) is 0 Å². The molecule has 0 radical (unpaired) electrons. The fourth-order valence-electron chi connectivity index (χ4n) is 2.78. The number of hydrogen-bond acceptors (Lipinski definition) is 4. The zero-order valence-corrected chi connectivity index (χ0v) is 15.8. The first kappa shape index (κ1) is 19.8. The molecule has 2 N–H and O–H groups in total. The lowest BCUT2D eigenvalue weighted by molar-refractivity contribution is -0.131. The van der Waals surface area contributed by atoms with Crippen molar-refractivity contribution in [2.45, 2.75) is 32.9 Å².